The Kier molecular flexibility index (Phi) is 7.53. The Morgan fingerprint density at radius 2 is 1.58 bits per heavy atom. The van der Waals surface area contributed by atoms with E-state index >= 15 is 0 Å². The van der Waals surface area contributed by atoms with Crippen LogP contribution in [0.15, 0.2) is 48.5 Å². The van der Waals surface area contributed by atoms with Gasteiger partial charge in [0.05, 0.1) is 6.61 Å². The minimum atomic E-state index is -0.497. The lowest BCUT2D eigenvalue weighted by atomic mass is 9.77. The maximum absolute atomic E-state index is 13.3. The molecule has 2 fully saturated rings. The average Bonchev–Trinajstić information content (AvgIpc) is 2.84. The predicted octanol–water partition coefficient (Wildman–Crippen LogP) is 5.18. The third-order valence-electron chi connectivity index (χ3n) is 6.63. The molecule has 1 atom stereocenters. The Morgan fingerprint density at radius 1 is 0.909 bits per heavy atom. The summed E-state index contributed by atoms with van der Waals surface area (Å²) in [7, 11) is 0. The number of amides is 2. The first kappa shape index (κ1) is 23.6. The van der Waals surface area contributed by atoms with Crippen LogP contribution in [0.5, 0.6) is 5.75 Å². The van der Waals surface area contributed by atoms with Gasteiger partial charge in [0.25, 0.3) is 5.91 Å². The van der Waals surface area contributed by atoms with E-state index in [1.807, 2.05) is 9.80 Å². The van der Waals surface area contributed by atoms with Gasteiger partial charge in [-0.05, 0) is 80.6 Å². The standard InChI is InChI=1S/C26H30ClFN2O3/c27-21-7-5-20(6-8-21)25(32)30-16-4-13-26(18-30,17-24(31)29-14-2-1-3-15-29)19-33-23-11-9-22(28)10-12-23/h5-12H,1-4,13-19H2/t26-/m0/s1. The van der Waals surface area contributed by atoms with Gasteiger partial charge in [-0.25, -0.2) is 4.39 Å². The molecule has 2 aliphatic heterocycles. The van der Waals surface area contributed by atoms with Crippen LogP contribution in [0.1, 0.15) is 48.9 Å². The smallest absolute Gasteiger partial charge is 0.253 e. The summed E-state index contributed by atoms with van der Waals surface area (Å²) >= 11 is 5.98. The summed E-state index contributed by atoms with van der Waals surface area (Å²) in [5.74, 6) is 0.290. The lowest BCUT2D eigenvalue weighted by Gasteiger charge is -2.43. The van der Waals surface area contributed by atoms with Gasteiger partial charge in [0.15, 0.2) is 0 Å². The minimum absolute atomic E-state index is 0.0667. The van der Waals surface area contributed by atoms with Crippen LogP contribution in [0.25, 0.3) is 0 Å². The summed E-state index contributed by atoms with van der Waals surface area (Å²) < 4.78 is 19.4. The molecule has 0 aliphatic carbocycles. The average molecular weight is 473 g/mol. The summed E-state index contributed by atoms with van der Waals surface area (Å²) in [5.41, 5.74) is 0.0838. The van der Waals surface area contributed by atoms with Crippen molar-refractivity contribution < 1.29 is 18.7 Å². The Morgan fingerprint density at radius 3 is 2.27 bits per heavy atom. The number of carbonyl (C=O) groups is 2. The van der Waals surface area contributed by atoms with E-state index in [4.69, 9.17) is 16.3 Å². The number of carbonyl (C=O) groups excluding carboxylic acids is 2. The second kappa shape index (κ2) is 10.6. The van der Waals surface area contributed by atoms with Crippen LogP contribution < -0.4 is 4.74 Å². The van der Waals surface area contributed by atoms with Gasteiger partial charge in [-0.2, -0.15) is 0 Å². The van der Waals surface area contributed by atoms with Gasteiger partial charge in [0.1, 0.15) is 11.6 Å². The normalized spacial score (nSPS) is 21.0. The van der Waals surface area contributed by atoms with Crippen molar-refractivity contribution >= 4 is 23.4 Å². The molecule has 2 amide bonds. The molecule has 2 heterocycles. The summed E-state index contributed by atoms with van der Waals surface area (Å²) in [6, 6.07) is 12.8. The fraction of sp³-hybridized carbons (Fsp3) is 0.462. The number of ether oxygens (including phenoxy) is 1. The zero-order valence-electron chi connectivity index (χ0n) is 18.8. The third-order valence-corrected chi connectivity index (χ3v) is 6.89. The number of halogens is 2. The van der Waals surface area contributed by atoms with Crippen molar-refractivity contribution in [3.63, 3.8) is 0 Å². The maximum atomic E-state index is 13.3. The van der Waals surface area contributed by atoms with Crippen LogP contribution in [0.4, 0.5) is 4.39 Å². The highest BCUT2D eigenvalue weighted by atomic mass is 35.5. The van der Waals surface area contributed by atoms with Crippen molar-refractivity contribution in [2.45, 2.75) is 38.5 Å². The van der Waals surface area contributed by atoms with E-state index in [0.29, 0.717) is 42.5 Å². The Balaban J connectivity index is 1.52. The van der Waals surface area contributed by atoms with Crippen molar-refractivity contribution in [3.05, 3.63) is 64.9 Å². The minimum Gasteiger partial charge on any atom is -0.493 e. The van der Waals surface area contributed by atoms with Gasteiger partial charge in [-0.1, -0.05) is 11.6 Å². The molecule has 33 heavy (non-hydrogen) atoms. The molecule has 4 rings (SSSR count). The predicted molar refractivity (Wildman–Crippen MR) is 126 cm³/mol. The van der Waals surface area contributed by atoms with Gasteiger partial charge in [-0.15, -0.1) is 0 Å². The van der Waals surface area contributed by atoms with Crippen LogP contribution in [-0.4, -0.2) is 54.4 Å². The van der Waals surface area contributed by atoms with E-state index in [9.17, 15) is 14.0 Å². The molecule has 2 aromatic rings. The summed E-state index contributed by atoms with van der Waals surface area (Å²) in [4.78, 5) is 30.2. The summed E-state index contributed by atoms with van der Waals surface area (Å²) in [6.07, 6.45) is 5.14. The van der Waals surface area contributed by atoms with E-state index < -0.39 is 5.41 Å². The Hall–Kier alpha value is -2.60. The first-order chi connectivity index (χ1) is 15.9. The maximum Gasteiger partial charge on any atom is 0.253 e. The van der Waals surface area contributed by atoms with E-state index in [-0.39, 0.29) is 17.6 Å². The van der Waals surface area contributed by atoms with Gasteiger partial charge in [0, 0.05) is 48.6 Å². The van der Waals surface area contributed by atoms with E-state index in [1.54, 1.807) is 36.4 Å². The lowest BCUT2D eigenvalue weighted by molar-refractivity contribution is -0.136. The van der Waals surface area contributed by atoms with E-state index in [0.717, 1.165) is 45.2 Å². The second-order valence-electron chi connectivity index (χ2n) is 9.20. The van der Waals surface area contributed by atoms with Crippen molar-refractivity contribution in [3.8, 4) is 5.75 Å². The summed E-state index contributed by atoms with van der Waals surface area (Å²) in [5, 5.41) is 0.583. The second-order valence-corrected chi connectivity index (χ2v) is 9.63. The number of benzene rings is 2. The molecule has 0 saturated carbocycles. The Bertz CT molecular complexity index is 961. The number of hydrogen-bond donors (Lipinski definition) is 0. The van der Waals surface area contributed by atoms with Crippen molar-refractivity contribution in [1.29, 1.82) is 0 Å². The molecule has 5 nitrogen and oxygen atoms in total. The molecule has 7 heteroatoms. The zero-order chi connectivity index (χ0) is 23.3. The molecule has 2 aliphatic rings. The number of rotatable bonds is 6. The molecule has 0 N–H and O–H groups in total. The van der Waals surface area contributed by atoms with Gasteiger partial charge >= 0.3 is 0 Å². The molecule has 0 bridgehead atoms. The third kappa shape index (κ3) is 6.05. The van der Waals surface area contributed by atoms with Crippen LogP contribution in [-0.2, 0) is 4.79 Å². The van der Waals surface area contributed by atoms with Crippen molar-refractivity contribution in [2.24, 2.45) is 5.41 Å². The van der Waals surface area contributed by atoms with Gasteiger partial charge < -0.3 is 14.5 Å². The molecule has 0 radical (unpaired) electrons. The lowest BCUT2D eigenvalue weighted by Crippen LogP contribution is -2.51. The number of piperidine rings is 2. The molecule has 2 aromatic carbocycles. The highest BCUT2D eigenvalue weighted by Crippen LogP contribution is 2.36. The molecule has 176 valence electrons. The topological polar surface area (TPSA) is 49.9 Å². The molecule has 0 unspecified atom stereocenters. The first-order valence-corrected chi connectivity index (χ1v) is 12.0. The number of nitrogens with zero attached hydrogens (tertiary/aromatic N) is 2. The first-order valence-electron chi connectivity index (χ1n) is 11.7. The van der Waals surface area contributed by atoms with E-state index in [1.165, 1.54) is 12.1 Å². The highest BCUT2D eigenvalue weighted by molar-refractivity contribution is 6.30. The SMILES string of the molecule is O=C(C[C@@]1(COc2ccc(F)cc2)CCCN(C(=O)c2ccc(Cl)cc2)C1)N1CCCCC1. The monoisotopic (exact) mass is 472 g/mol. The fourth-order valence-corrected chi connectivity index (χ4v) is 4.94. The van der Waals surface area contributed by atoms with Gasteiger partial charge in [0.2, 0.25) is 5.91 Å². The van der Waals surface area contributed by atoms with Crippen molar-refractivity contribution in [2.75, 3.05) is 32.8 Å². The van der Waals surface area contributed by atoms with Crippen molar-refractivity contribution in [1.82, 2.24) is 9.80 Å². The molecule has 0 spiro atoms. The quantitative estimate of drug-likeness (QED) is 0.581. The van der Waals surface area contributed by atoms with Crippen LogP contribution in [0.3, 0.4) is 0 Å². The molecular weight excluding hydrogens is 443 g/mol. The van der Waals surface area contributed by atoms with Crippen LogP contribution in [0, 0.1) is 11.2 Å². The number of hydrogen-bond acceptors (Lipinski definition) is 3. The largest absolute Gasteiger partial charge is 0.493 e. The number of likely N-dealkylation sites (tertiary alicyclic amines) is 2. The highest BCUT2D eigenvalue weighted by Gasteiger charge is 2.41. The Labute approximate surface area is 199 Å². The van der Waals surface area contributed by atoms with E-state index in [2.05, 4.69) is 0 Å². The van der Waals surface area contributed by atoms with Crippen LogP contribution in [0.2, 0.25) is 5.02 Å². The molecule has 2 saturated heterocycles. The summed E-state index contributed by atoms with van der Waals surface area (Å²) in [6.45, 7) is 2.96. The fourth-order valence-electron chi connectivity index (χ4n) is 4.81. The molecule has 0 aromatic heterocycles. The molecular formula is C26H30ClFN2O3. The zero-order valence-corrected chi connectivity index (χ0v) is 19.5. The van der Waals surface area contributed by atoms with Crippen LogP contribution >= 0.6 is 11.6 Å². The van der Waals surface area contributed by atoms with Gasteiger partial charge in [-0.3, -0.25) is 9.59 Å².